The highest BCUT2D eigenvalue weighted by atomic mass is 16.5. The molecule has 7 heteroatoms. The Hall–Kier alpha value is -2.28. The average Bonchev–Trinajstić information content (AvgIpc) is 2.66. The maximum absolute atomic E-state index is 11.9. The van der Waals surface area contributed by atoms with E-state index in [1.54, 1.807) is 14.2 Å². The number of piperidine rings is 1. The summed E-state index contributed by atoms with van der Waals surface area (Å²) < 4.78 is 10.4. The molecule has 0 bridgehead atoms. The van der Waals surface area contributed by atoms with Crippen molar-refractivity contribution in [1.29, 1.82) is 0 Å². The van der Waals surface area contributed by atoms with Gasteiger partial charge in [-0.3, -0.25) is 9.59 Å². The van der Waals surface area contributed by atoms with Gasteiger partial charge in [-0.25, -0.2) is 0 Å². The van der Waals surface area contributed by atoms with Crippen molar-refractivity contribution in [1.82, 2.24) is 10.6 Å². The number of ether oxygens (including phenoxy) is 2. The second-order valence-corrected chi connectivity index (χ2v) is 6.21. The van der Waals surface area contributed by atoms with E-state index < -0.39 is 11.8 Å². The van der Waals surface area contributed by atoms with Gasteiger partial charge in [-0.15, -0.1) is 0 Å². The minimum absolute atomic E-state index is 0.389. The van der Waals surface area contributed by atoms with Crippen molar-refractivity contribution in [2.75, 3.05) is 40.4 Å². The highest BCUT2D eigenvalue weighted by Crippen LogP contribution is 2.27. The fourth-order valence-corrected chi connectivity index (χ4v) is 2.95. The highest BCUT2D eigenvalue weighted by molar-refractivity contribution is 6.35. The van der Waals surface area contributed by atoms with Crippen molar-refractivity contribution in [2.45, 2.75) is 19.3 Å². The summed E-state index contributed by atoms with van der Waals surface area (Å²) in [5.41, 5.74) is 0.997. The number of hydrogen-bond donors (Lipinski definition) is 3. The number of carbonyl (C=O) groups excluding carboxylic acids is 2. The van der Waals surface area contributed by atoms with E-state index in [0.29, 0.717) is 36.9 Å². The molecule has 0 saturated carbocycles. The molecular formula is C18H28N3O4+. The number of benzene rings is 1. The molecule has 1 aliphatic rings. The summed E-state index contributed by atoms with van der Waals surface area (Å²) in [5, 5.41) is 7.67. The van der Waals surface area contributed by atoms with E-state index in [2.05, 4.69) is 16.0 Å². The molecule has 0 aliphatic carbocycles. The van der Waals surface area contributed by atoms with Crippen LogP contribution < -0.4 is 25.4 Å². The first-order valence-electron chi connectivity index (χ1n) is 8.72. The quantitative estimate of drug-likeness (QED) is 0.576. The molecule has 2 amide bonds. The van der Waals surface area contributed by atoms with Gasteiger partial charge in [-0.1, -0.05) is 6.07 Å². The standard InChI is InChI=1S/C18H27N3O4/c1-24-15-4-3-13(11-16(15)25-2)7-10-20-17(22)18(23)21-12-14-5-8-19-9-6-14/h3-4,11,14,19H,5-10,12H2,1-2H3,(H,20,22)(H,21,23)/p+1. The van der Waals surface area contributed by atoms with E-state index in [1.165, 1.54) is 0 Å². The molecule has 0 unspecified atom stereocenters. The van der Waals surface area contributed by atoms with Crippen LogP contribution in [0.1, 0.15) is 18.4 Å². The number of nitrogens with one attached hydrogen (secondary N) is 2. The Labute approximate surface area is 148 Å². The summed E-state index contributed by atoms with van der Waals surface area (Å²) in [6.45, 7) is 3.16. The van der Waals surface area contributed by atoms with Gasteiger partial charge in [0.25, 0.3) is 0 Å². The largest absolute Gasteiger partial charge is 0.493 e. The molecule has 1 aromatic rings. The zero-order valence-corrected chi connectivity index (χ0v) is 15.0. The molecule has 0 aromatic heterocycles. The van der Waals surface area contributed by atoms with E-state index in [-0.39, 0.29) is 0 Å². The number of quaternary nitrogens is 1. The van der Waals surface area contributed by atoms with Crippen molar-refractivity contribution in [3.05, 3.63) is 23.8 Å². The fourth-order valence-electron chi connectivity index (χ4n) is 2.95. The summed E-state index contributed by atoms with van der Waals surface area (Å²) in [7, 11) is 3.17. The molecule has 1 aromatic carbocycles. The zero-order chi connectivity index (χ0) is 18.1. The molecule has 25 heavy (non-hydrogen) atoms. The molecule has 138 valence electrons. The molecular weight excluding hydrogens is 322 g/mol. The predicted octanol–water partition coefficient (Wildman–Crippen LogP) is -0.548. The lowest BCUT2D eigenvalue weighted by atomic mass is 9.98. The van der Waals surface area contributed by atoms with Gasteiger partial charge in [-0.2, -0.15) is 0 Å². The number of amides is 2. The molecule has 2 rings (SSSR count). The monoisotopic (exact) mass is 350 g/mol. The normalized spacial score (nSPS) is 14.6. The van der Waals surface area contributed by atoms with Crippen molar-refractivity contribution in [2.24, 2.45) is 5.92 Å². The zero-order valence-electron chi connectivity index (χ0n) is 15.0. The second-order valence-electron chi connectivity index (χ2n) is 6.21. The molecule has 1 fully saturated rings. The lowest BCUT2D eigenvalue weighted by Crippen LogP contribution is -2.86. The lowest BCUT2D eigenvalue weighted by molar-refractivity contribution is -0.664. The molecule has 0 atom stereocenters. The summed E-state index contributed by atoms with van der Waals surface area (Å²) in [4.78, 5) is 23.7. The van der Waals surface area contributed by atoms with Gasteiger partial charge in [0.05, 0.1) is 27.3 Å². The van der Waals surface area contributed by atoms with Gasteiger partial charge in [0.1, 0.15) is 0 Å². The van der Waals surface area contributed by atoms with E-state index in [1.807, 2.05) is 18.2 Å². The Morgan fingerprint density at radius 2 is 1.76 bits per heavy atom. The number of carbonyl (C=O) groups is 2. The predicted molar refractivity (Wildman–Crippen MR) is 93.7 cm³/mol. The van der Waals surface area contributed by atoms with Crippen LogP contribution >= 0.6 is 0 Å². The van der Waals surface area contributed by atoms with Crippen LogP contribution in [0.5, 0.6) is 11.5 Å². The van der Waals surface area contributed by atoms with Crippen LogP contribution in [0, 0.1) is 5.92 Å². The van der Waals surface area contributed by atoms with E-state index in [9.17, 15) is 9.59 Å². The van der Waals surface area contributed by atoms with Gasteiger partial charge in [0.2, 0.25) is 0 Å². The third-order valence-electron chi connectivity index (χ3n) is 4.46. The molecule has 7 nitrogen and oxygen atoms in total. The smallest absolute Gasteiger partial charge is 0.309 e. The molecule has 1 saturated heterocycles. The first-order chi connectivity index (χ1) is 12.1. The maximum Gasteiger partial charge on any atom is 0.309 e. The van der Waals surface area contributed by atoms with Crippen LogP contribution in [0.3, 0.4) is 0 Å². The van der Waals surface area contributed by atoms with Crippen LogP contribution in [0.4, 0.5) is 0 Å². The third kappa shape index (κ3) is 5.94. The van der Waals surface area contributed by atoms with Gasteiger partial charge in [0.15, 0.2) is 11.5 Å². The second kappa shape index (κ2) is 9.88. The Morgan fingerprint density at radius 1 is 1.08 bits per heavy atom. The Bertz CT molecular complexity index is 586. The number of hydrogen-bond acceptors (Lipinski definition) is 4. The summed E-state index contributed by atoms with van der Waals surface area (Å²) in [5.74, 6) is 0.655. The van der Waals surface area contributed by atoms with Crippen molar-refractivity contribution >= 4 is 11.8 Å². The van der Waals surface area contributed by atoms with Gasteiger partial charge >= 0.3 is 11.8 Å². The molecule has 0 radical (unpaired) electrons. The first-order valence-corrected chi connectivity index (χ1v) is 8.72. The minimum atomic E-state index is -0.581. The topological polar surface area (TPSA) is 93.3 Å². The van der Waals surface area contributed by atoms with Crippen LogP contribution in [0.15, 0.2) is 18.2 Å². The summed E-state index contributed by atoms with van der Waals surface area (Å²) >= 11 is 0. The van der Waals surface area contributed by atoms with E-state index in [0.717, 1.165) is 31.5 Å². The van der Waals surface area contributed by atoms with Crippen LogP contribution in [-0.4, -0.2) is 52.2 Å². The van der Waals surface area contributed by atoms with E-state index in [4.69, 9.17) is 9.47 Å². The Kier molecular flexibility index (Phi) is 7.53. The highest BCUT2D eigenvalue weighted by Gasteiger charge is 2.18. The van der Waals surface area contributed by atoms with Gasteiger partial charge in [0, 0.05) is 25.9 Å². The molecule has 1 aliphatic heterocycles. The van der Waals surface area contributed by atoms with Crippen molar-refractivity contribution in [3.63, 3.8) is 0 Å². The molecule has 0 spiro atoms. The van der Waals surface area contributed by atoms with Crippen LogP contribution in [0.2, 0.25) is 0 Å². The molecule has 1 heterocycles. The number of methoxy groups -OCH3 is 2. The lowest BCUT2D eigenvalue weighted by Gasteiger charge is -2.20. The van der Waals surface area contributed by atoms with E-state index >= 15 is 0 Å². The maximum atomic E-state index is 11.9. The molecule has 4 N–H and O–H groups in total. The van der Waals surface area contributed by atoms with Crippen molar-refractivity contribution in [3.8, 4) is 11.5 Å². The Balaban J connectivity index is 1.71. The summed E-state index contributed by atoms with van der Waals surface area (Å²) in [6, 6.07) is 5.60. The van der Waals surface area contributed by atoms with Crippen molar-refractivity contribution < 1.29 is 24.4 Å². The number of rotatable bonds is 7. The van der Waals surface area contributed by atoms with Gasteiger partial charge < -0.3 is 25.4 Å². The first kappa shape index (κ1) is 19.1. The fraction of sp³-hybridized carbons (Fsp3) is 0.556. The van der Waals surface area contributed by atoms with Gasteiger partial charge in [-0.05, 0) is 30.0 Å². The number of nitrogens with two attached hydrogens (primary N) is 1. The Morgan fingerprint density at radius 3 is 2.44 bits per heavy atom. The minimum Gasteiger partial charge on any atom is -0.493 e. The SMILES string of the molecule is COc1ccc(CCNC(=O)C(=O)NCC2CC[NH2+]CC2)cc1OC. The third-order valence-corrected chi connectivity index (χ3v) is 4.46. The van der Waals surface area contributed by atoms with Crippen LogP contribution in [-0.2, 0) is 16.0 Å². The summed E-state index contributed by atoms with van der Waals surface area (Å²) in [6.07, 6.45) is 2.78. The van der Waals surface area contributed by atoms with Crippen LogP contribution in [0.25, 0.3) is 0 Å². The average molecular weight is 350 g/mol.